The highest BCUT2D eigenvalue weighted by Gasteiger charge is 2.12. The van der Waals surface area contributed by atoms with Crippen LogP contribution in [0.25, 0.3) is 0 Å². The predicted molar refractivity (Wildman–Crippen MR) is 79.4 cm³/mol. The van der Waals surface area contributed by atoms with Gasteiger partial charge in [-0.05, 0) is 28.9 Å². The Morgan fingerprint density at radius 2 is 2.11 bits per heavy atom. The average Bonchev–Trinajstić information content (AvgIpc) is 2.74. The Morgan fingerprint density at radius 1 is 1.37 bits per heavy atom. The molecule has 19 heavy (non-hydrogen) atoms. The van der Waals surface area contributed by atoms with Crippen LogP contribution >= 0.6 is 15.9 Å². The number of hydrogen-bond acceptors (Lipinski definition) is 4. The summed E-state index contributed by atoms with van der Waals surface area (Å²) in [7, 11) is 2.02. The quantitative estimate of drug-likeness (QED) is 0.800. The summed E-state index contributed by atoms with van der Waals surface area (Å²) in [5.74, 6) is 3.01. The summed E-state index contributed by atoms with van der Waals surface area (Å²) in [6.07, 6.45) is 1.72. The smallest absolute Gasteiger partial charge is 0.134 e. The summed E-state index contributed by atoms with van der Waals surface area (Å²) in [6, 6.07) is 3.92. The molecule has 0 spiro atoms. The van der Waals surface area contributed by atoms with E-state index in [0.29, 0.717) is 5.92 Å². The van der Waals surface area contributed by atoms with E-state index >= 15 is 0 Å². The molecule has 5 heteroatoms. The molecule has 0 radical (unpaired) electrons. The predicted octanol–water partition coefficient (Wildman–Crippen LogP) is 3.90. The van der Waals surface area contributed by atoms with Crippen molar-refractivity contribution in [3.63, 3.8) is 0 Å². The van der Waals surface area contributed by atoms with E-state index in [1.165, 1.54) is 5.56 Å². The second kappa shape index (κ2) is 5.74. The SMILES string of the molecule is Cc1occc1CN(C)c1cc(Br)nc(C(C)C)n1. The summed E-state index contributed by atoms with van der Waals surface area (Å²) in [5.41, 5.74) is 1.17. The van der Waals surface area contributed by atoms with Crippen LogP contribution in [0.5, 0.6) is 0 Å². The summed E-state index contributed by atoms with van der Waals surface area (Å²) < 4.78 is 6.13. The van der Waals surface area contributed by atoms with Gasteiger partial charge in [0.1, 0.15) is 22.0 Å². The normalized spacial score (nSPS) is 11.1. The third kappa shape index (κ3) is 3.35. The van der Waals surface area contributed by atoms with Crippen molar-refractivity contribution in [2.75, 3.05) is 11.9 Å². The largest absolute Gasteiger partial charge is 0.469 e. The van der Waals surface area contributed by atoms with E-state index in [-0.39, 0.29) is 0 Å². The molecule has 0 aliphatic rings. The van der Waals surface area contributed by atoms with Crippen molar-refractivity contribution in [2.24, 2.45) is 0 Å². The van der Waals surface area contributed by atoms with Crippen LogP contribution in [0.2, 0.25) is 0 Å². The van der Waals surface area contributed by atoms with Crippen LogP contribution in [0, 0.1) is 6.92 Å². The monoisotopic (exact) mass is 323 g/mol. The molecule has 0 N–H and O–H groups in total. The van der Waals surface area contributed by atoms with Gasteiger partial charge >= 0.3 is 0 Å². The van der Waals surface area contributed by atoms with Crippen molar-refractivity contribution < 1.29 is 4.42 Å². The van der Waals surface area contributed by atoms with E-state index in [0.717, 1.165) is 28.6 Å². The second-order valence-electron chi connectivity index (χ2n) is 4.92. The minimum absolute atomic E-state index is 0.306. The zero-order valence-electron chi connectivity index (χ0n) is 11.6. The van der Waals surface area contributed by atoms with Crippen LogP contribution < -0.4 is 4.90 Å². The lowest BCUT2D eigenvalue weighted by molar-refractivity contribution is 0.529. The topological polar surface area (TPSA) is 42.2 Å². The van der Waals surface area contributed by atoms with Gasteiger partial charge in [0, 0.05) is 31.1 Å². The summed E-state index contributed by atoms with van der Waals surface area (Å²) in [4.78, 5) is 11.1. The number of furan rings is 1. The summed E-state index contributed by atoms with van der Waals surface area (Å²) >= 11 is 3.45. The van der Waals surface area contributed by atoms with Gasteiger partial charge in [0.05, 0.1) is 6.26 Å². The molecule has 2 aromatic heterocycles. The molecule has 102 valence electrons. The van der Waals surface area contributed by atoms with E-state index < -0.39 is 0 Å². The van der Waals surface area contributed by atoms with Crippen LogP contribution in [0.15, 0.2) is 27.4 Å². The molecule has 0 atom stereocenters. The zero-order valence-corrected chi connectivity index (χ0v) is 13.2. The third-order valence-corrected chi connectivity index (χ3v) is 3.39. The summed E-state index contributed by atoms with van der Waals surface area (Å²) in [6.45, 7) is 6.92. The highest BCUT2D eigenvalue weighted by atomic mass is 79.9. The number of halogens is 1. The molecule has 2 aromatic rings. The second-order valence-corrected chi connectivity index (χ2v) is 5.73. The average molecular weight is 324 g/mol. The Labute approximate surface area is 122 Å². The van der Waals surface area contributed by atoms with E-state index in [1.54, 1.807) is 6.26 Å². The number of anilines is 1. The number of aromatic nitrogens is 2. The third-order valence-electron chi connectivity index (χ3n) is 2.98. The minimum Gasteiger partial charge on any atom is -0.469 e. The minimum atomic E-state index is 0.306. The first-order valence-corrected chi connectivity index (χ1v) is 7.05. The van der Waals surface area contributed by atoms with Crippen molar-refractivity contribution >= 4 is 21.7 Å². The molecule has 2 heterocycles. The van der Waals surface area contributed by atoms with Gasteiger partial charge in [-0.1, -0.05) is 13.8 Å². The van der Waals surface area contributed by atoms with Crippen molar-refractivity contribution in [1.82, 2.24) is 9.97 Å². The molecule has 0 bridgehead atoms. The van der Waals surface area contributed by atoms with E-state index in [9.17, 15) is 0 Å². The fraction of sp³-hybridized carbons (Fsp3) is 0.429. The Balaban J connectivity index is 2.23. The molecule has 0 fully saturated rings. The number of nitrogens with zero attached hydrogens (tertiary/aromatic N) is 3. The maximum absolute atomic E-state index is 5.32. The highest BCUT2D eigenvalue weighted by Crippen LogP contribution is 2.21. The molecule has 0 aliphatic carbocycles. The fourth-order valence-electron chi connectivity index (χ4n) is 1.79. The van der Waals surface area contributed by atoms with Crippen molar-refractivity contribution in [3.8, 4) is 0 Å². The van der Waals surface area contributed by atoms with Crippen molar-refractivity contribution in [2.45, 2.75) is 33.2 Å². The molecule has 0 saturated carbocycles. The first-order valence-electron chi connectivity index (χ1n) is 6.26. The first kappa shape index (κ1) is 14.1. The van der Waals surface area contributed by atoms with Gasteiger partial charge in [0.2, 0.25) is 0 Å². The van der Waals surface area contributed by atoms with Crippen LogP contribution in [-0.2, 0) is 6.54 Å². The Hall–Kier alpha value is -1.36. The molecule has 4 nitrogen and oxygen atoms in total. The van der Waals surface area contributed by atoms with Crippen LogP contribution in [-0.4, -0.2) is 17.0 Å². The lowest BCUT2D eigenvalue weighted by Gasteiger charge is -2.19. The van der Waals surface area contributed by atoms with E-state index in [1.807, 2.05) is 26.1 Å². The van der Waals surface area contributed by atoms with Crippen molar-refractivity contribution in [3.05, 3.63) is 40.1 Å². The molecule has 0 unspecified atom stereocenters. The first-order chi connectivity index (χ1) is 8.97. The Morgan fingerprint density at radius 3 is 2.68 bits per heavy atom. The van der Waals surface area contributed by atoms with Gasteiger partial charge in [-0.15, -0.1) is 0 Å². The molecule has 0 saturated heterocycles. The van der Waals surface area contributed by atoms with Gasteiger partial charge in [-0.25, -0.2) is 9.97 Å². The van der Waals surface area contributed by atoms with Gasteiger partial charge < -0.3 is 9.32 Å². The molecule has 0 aliphatic heterocycles. The lowest BCUT2D eigenvalue weighted by Crippen LogP contribution is -2.19. The molecule has 2 rings (SSSR count). The van der Waals surface area contributed by atoms with Crippen molar-refractivity contribution in [1.29, 1.82) is 0 Å². The molecular weight excluding hydrogens is 306 g/mol. The maximum atomic E-state index is 5.32. The lowest BCUT2D eigenvalue weighted by atomic mass is 10.2. The molecular formula is C14H18BrN3O. The Bertz CT molecular complexity index is 566. The van der Waals surface area contributed by atoms with Gasteiger partial charge in [0.15, 0.2) is 0 Å². The maximum Gasteiger partial charge on any atom is 0.134 e. The standard InChI is InChI=1S/C14H18BrN3O/c1-9(2)14-16-12(15)7-13(17-14)18(4)8-11-5-6-19-10(11)3/h5-7,9H,8H2,1-4H3. The molecule has 0 aromatic carbocycles. The number of rotatable bonds is 4. The number of hydrogen-bond donors (Lipinski definition) is 0. The fourth-order valence-corrected chi connectivity index (χ4v) is 2.17. The van der Waals surface area contributed by atoms with Crippen LogP contribution in [0.4, 0.5) is 5.82 Å². The van der Waals surface area contributed by atoms with Crippen LogP contribution in [0.3, 0.4) is 0 Å². The van der Waals surface area contributed by atoms with Gasteiger partial charge in [-0.3, -0.25) is 0 Å². The molecule has 0 amide bonds. The van der Waals surface area contributed by atoms with Gasteiger partial charge in [0.25, 0.3) is 0 Å². The van der Waals surface area contributed by atoms with E-state index in [4.69, 9.17) is 4.42 Å². The van der Waals surface area contributed by atoms with Crippen LogP contribution in [0.1, 0.15) is 36.9 Å². The Kier molecular flexibility index (Phi) is 4.24. The van der Waals surface area contributed by atoms with Gasteiger partial charge in [-0.2, -0.15) is 0 Å². The number of aryl methyl sites for hydroxylation is 1. The summed E-state index contributed by atoms with van der Waals surface area (Å²) in [5, 5.41) is 0. The highest BCUT2D eigenvalue weighted by molar-refractivity contribution is 9.10. The zero-order chi connectivity index (χ0) is 14.0. The van der Waals surface area contributed by atoms with E-state index in [2.05, 4.69) is 44.6 Å².